The SMILES string of the molecule is CC(C)c1cccc(-c2ccc(N3CCN(C(=O)CO)CC3)nc2)c1. The molecule has 0 aliphatic carbocycles. The molecule has 1 N–H and O–H groups in total. The van der Waals surface area contributed by atoms with Gasteiger partial charge in [0.15, 0.2) is 0 Å². The van der Waals surface area contributed by atoms with Crippen molar-refractivity contribution in [3.8, 4) is 11.1 Å². The monoisotopic (exact) mass is 339 g/mol. The molecular formula is C20H25N3O2. The molecule has 0 spiro atoms. The minimum atomic E-state index is -0.414. The van der Waals surface area contributed by atoms with Gasteiger partial charge in [-0.25, -0.2) is 4.98 Å². The molecule has 0 bridgehead atoms. The molecule has 5 heteroatoms. The third-order valence-electron chi connectivity index (χ3n) is 4.73. The summed E-state index contributed by atoms with van der Waals surface area (Å²) < 4.78 is 0. The van der Waals surface area contributed by atoms with E-state index in [0.717, 1.165) is 24.5 Å². The van der Waals surface area contributed by atoms with E-state index in [1.165, 1.54) is 11.1 Å². The number of pyridine rings is 1. The predicted molar refractivity (Wildman–Crippen MR) is 99.6 cm³/mol. The summed E-state index contributed by atoms with van der Waals surface area (Å²) in [6.07, 6.45) is 1.92. The Bertz CT molecular complexity index is 720. The van der Waals surface area contributed by atoms with Gasteiger partial charge in [-0.1, -0.05) is 38.1 Å². The Labute approximate surface area is 148 Å². The summed E-state index contributed by atoms with van der Waals surface area (Å²) in [6.45, 7) is 6.70. The number of hydrogen-bond donors (Lipinski definition) is 1. The topological polar surface area (TPSA) is 56.7 Å². The zero-order chi connectivity index (χ0) is 17.8. The Morgan fingerprint density at radius 1 is 1.12 bits per heavy atom. The molecule has 1 aromatic heterocycles. The van der Waals surface area contributed by atoms with Gasteiger partial charge < -0.3 is 14.9 Å². The van der Waals surface area contributed by atoms with E-state index in [1.54, 1.807) is 4.90 Å². The molecule has 132 valence electrons. The van der Waals surface area contributed by atoms with Crippen LogP contribution in [0.3, 0.4) is 0 Å². The molecule has 3 rings (SSSR count). The minimum Gasteiger partial charge on any atom is -0.387 e. The summed E-state index contributed by atoms with van der Waals surface area (Å²) in [5.41, 5.74) is 3.62. The van der Waals surface area contributed by atoms with Crippen molar-refractivity contribution in [3.05, 3.63) is 48.2 Å². The molecule has 1 fully saturated rings. The molecule has 0 radical (unpaired) electrons. The fraction of sp³-hybridized carbons (Fsp3) is 0.400. The molecule has 0 saturated carbocycles. The van der Waals surface area contributed by atoms with Crippen LogP contribution in [0.1, 0.15) is 25.3 Å². The highest BCUT2D eigenvalue weighted by Gasteiger charge is 2.21. The van der Waals surface area contributed by atoms with E-state index in [9.17, 15) is 4.79 Å². The number of amides is 1. The largest absolute Gasteiger partial charge is 0.387 e. The van der Waals surface area contributed by atoms with Crippen molar-refractivity contribution in [3.63, 3.8) is 0 Å². The molecule has 25 heavy (non-hydrogen) atoms. The summed E-state index contributed by atoms with van der Waals surface area (Å²) in [4.78, 5) is 20.0. The predicted octanol–water partition coefficient (Wildman–Crippen LogP) is 2.51. The number of rotatable bonds is 4. The molecule has 1 aliphatic heterocycles. The van der Waals surface area contributed by atoms with E-state index in [2.05, 4.69) is 54.1 Å². The first-order chi connectivity index (χ1) is 12.1. The lowest BCUT2D eigenvalue weighted by Crippen LogP contribution is -2.49. The molecule has 5 nitrogen and oxygen atoms in total. The number of anilines is 1. The van der Waals surface area contributed by atoms with Crippen LogP contribution in [0.4, 0.5) is 5.82 Å². The lowest BCUT2D eigenvalue weighted by Gasteiger charge is -2.35. The molecule has 2 heterocycles. The van der Waals surface area contributed by atoms with E-state index >= 15 is 0 Å². The van der Waals surface area contributed by atoms with Gasteiger partial charge in [-0.2, -0.15) is 0 Å². The van der Waals surface area contributed by atoms with Gasteiger partial charge in [-0.05, 0) is 29.2 Å². The Kier molecular flexibility index (Phi) is 5.34. The Morgan fingerprint density at radius 3 is 2.48 bits per heavy atom. The van der Waals surface area contributed by atoms with Crippen molar-refractivity contribution in [2.75, 3.05) is 37.7 Å². The summed E-state index contributed by atoms with van der Waals surface area (Å²) in [5, 5.41) is 8.95. The Hall–Kier alpha value is -2.40. The first-order valence-corrected chi connectivity index (χ1v) is 8.78. The average Bonchev–Trinajstić information content (AvgIpc) is 2.67. The van der Waals surface area contributed by atoms with Crippen molar-refractivity contribution < 1.29 is 9.90 Å². The van der Waals surface area contributed by atoms with Gasteiger partial charge in [0.05, 0.1) is 0 Å². The van der Waals surface area contributed by atoms with E-state index in [1.807, 2.05) is 12.3 Å². The van der Waals surface area contributed by atoms with Crippen molar-refractivity contribution >= 4 is 11.7 Å². The number of aliphatic hydroxyl groups excluding tert-OH is 1. The van der Waals surface area contributed by atoms with Crippen LogP contribution in [0.5, 0.6) is 0 Å². The molecular weight excluding hydrogens is 314 g/mol. The van der Waals surface area contributed by atoms with E-state index in [0.29, 0.717) is 19.0 Å². The smallest absolute Gasteiger partial charge is 0.248 e. The van der Waals surface area contributed by atoms with Gasteiger partial charge in [0.25, 0.3) is 0 Å². The first-order valence-electron chi connectivity index (χ1n) is 8.78. The van der Waals surface area contributed by atoms with Crippen molar-refractivity contribution in [2.24, 2.45) is 0 Å². The number of nitrogens with zero attached hydrogens (tertiary/aromatic N) is 3. The molecule has 1 aromatic carbocycles. The zero-order valence-electron chi connectivity index (χ0n) is 14.9. The van der Waals surface area contributed by atoms with Gasteiger partial charge in [-0.3, -0.25) is 4.79 Å². The number of carbonyl (C=O) groups excluding carboxylic acids is 1. The average molecular weight is 339 g/mol. The summed E-state index contributed by atoms with van der Waals surface area (Å²) in [6, 6.07) is 12.7. The Balaban J connectivity index is 1.69. The van der Waals surface area contributed by atoms with Crippen LogP contribution >= 0.6 is 0 Å². The highest BCUT2D eigenvalue weighted by Crippen LogP contribution is 2.25. The number of aromatic nitrogens is 1. The zero-order valence-corrected chi connectivity index (χ0v) is 14.9. The summed E-state index contributed by atoms with van der Waals surface area (Å²) in [5.74, 6) is 1.23. The van der Waals surface area contributed by atoms with Crippen LogP contribution in [0.15, 0.2) is 42.6 Å². The third kappa shape index (κ3) is 3.99. The second-order valence-corrected chi connectivity index (χ2v) is 6.71. The standard InChI is InChI=1S/C20H25N3O2/c1-15(2)16-4-3-5-17(12-16)18-6-7-19(21-13-18)22-8-10-23(11-9-22)20(25)14-24/h3-7,12-13,15,24H,8-11,14H2,1-2H3. The number of hydrogen-bond acceptors (Lipinski definition) is 4. The van der Waals surface area contributed by atoms with Crippen molar-refractivity contribution in [1.82, 2.24) is 9.88 Å². The number of aliphatic hydroxyl groups is 1. The van der Waals surface area contributed by atoms with Gasteiger partial charge in [0, 0.05) is 37.9 Å². The van der Waals surface area contributed by atoms with Crippen LogP contribution in [0.2, 0.25) is 0 Å². The fourth-order valence-electron chi connectivity index (χ4n) is 3.11. The molecule has 1 amide bonds. The summed E-state index contributed by atoms with van der Waals surface area (Å²) in [7, 11) is 0. The number of piperazine rings is 1. The maximum absolute atomic E-state index is 11.5. The van der Waals surface area contributed by atoms with Gasteiger partial charge in [-0.15, -0.1) is 0 Å². The third-order valence-corrected chi connectivity index (χ3v) is 4.73. The van der Waals surface area contributed by atoms with Crippen molar-refractivity contribution in [2.45, 2.75) is 19.8 Å². The molecule has 0 unspecified atom stereocenters. The maximum atomic E-state index is 11.5. The number of carbonyl (C=O) groups is 1. The first kappa shape index (κ1) is 17.4. The van der Waals surface area contributed by atoms with Crippen LogP contribution in [0.25, 0.3) is 11.1 Å². The lowest BCUT2D eigenvalue weighted by molar-refractivity contribution is -0.134. The highest BCUT2D eigenvalue weighted by molar-refractivity contribution is 5.77. The van der Waals surface area contributed by atoms with E-state index in [4.69, 9.17) is 5.11 Å². The van der Waals surface area contributed by atoms with Gasteiger partial charge in [0.2, 0.25) is 5.91 Å². The molecule has 0 atom stereocenters. The van der Waals surface area contributed by atoms with Crippen LogP contribution in [-0.2, 0) is 4.79 Å². The van der Waals surface area contributed by atoms with E-state index in [-0.39, 0.29) is 5.91 Å². The summed E-state index contributed by atoms with van der Waals surface area (Å²) >= 11 is 0. The van der Waals surface area contributed by atoms with Crippen LogP contribution in [-0.4, -0.2) is 53.7 Å². The van der Waals surface area contributed by atoms with E-state index < -0.39 is 6.61 Å². The number of benzene rings is 1. The lowest BCUT2D eigenvalue weighted by atomic mass is 9.98. The highest BCUT2D eigenvalue weighted by atomic mass is 16.3. The molecule has 1 saturated heterocycles. The van der Waals surface area contributed by atoms with Gasteiger partial charge in [0.1, 0.15) is 12.4 Å². The molecule has 2 aromatic rings. The normalized spacial score (nSPS) is 14.9. The maximum Gasteiger partial charge on any atom is 0.248 e. The van der Waals surface area contributed by atoms with Crippen LogP contribution in [0, 0.1) is 0 Å². The minimum absolute atomic E-state index is 0.201. The second-order valence-electron chi connectivity index (χ2n) is 6.71. The van der Waals surface area contributed by atoms with Crippen LogP contribution < -0.4 is 4.90 Å². The fourth-order valence-corrected chi connectivity index (χ4v) is 3.11. The van der Waals surface area contributed by atoms with Gasteiger partial charge >= 0.3 is 0 Å². The van der Waals surface area contributed by atoms with Crippen molar-refractivity contribution in [1.29, 1.82) is 0 Å². The quantitative estimate of drug-likeness (QED) is 0.930. The Morgan fingerprint density at radius 2 is 1.88 bits per heavy atom. The second kappa shape index (κ2) is 7.66. The molecule has 1 aliphatic rings.